The van der Waals surface area contributed by atoms with Crippen molar-refractivity contribution < 1.29 is 9.53 Å². The van der Waals surface area contributed by atoms with Gasteiger partial charge in [0.15, 0.2) is 0 Å². The van der Waals surface area contributed by atoms with E-state index in [2.05, 4.69) is 17.6 Å². The van der Waals surface area contributed by atoms with E-state index in [1.165, 1.54) is 12.8 Å². The lowest BCUT2D eigenvalue weighted by Gasteiger charge is -2.32. The highest BCUT2D eigenvalue weighted by Gasteiger charge is 2.26. The Balaban J connectivity index is 2.50. The van der Waals surface area contributed by atoms with Crippen LogP contribution in [0, 0.1) is 0 Å². The summed E-state index contributed by atoms with van der Waals surface area (Å²) in [5.41, 5.74) is -0.431. The molecule has 19 heavy (non-hydrogen) atoms. The number of amides is 1. The number of hydrogen-bond acceptors (Lipinski definition) is 3. The van der Waals surface area contributed by atoms with Crippen molar-refractivity contribution in [2.24, 2.45) is 0 Å². The maximum atomic E-state index is 11.9. The number of piperidine rings is 1. The van der Waals surface area contributed by atoms with E-state index in [-0.39, 0.29) is 12.1 Å². The lowest BCUT2D eigenvalue weighted by Crippen LogP contribution is -2.52. The van der Waals surface area contributed by atoms with Crippen LogP contribution in [0.5, 0.6) is 0 Å². The first-order chi connectivity index (χ1) is 8.92. The predicted octanol–water partition coefficient (Wildman–Crippen LogP) is 3.21. The van der Waals surface area contributed by atoms with E-state index in [0.717, 1.165) is 32.2 Å². The van der Waals surface area contributed by atoms with Crippen molar-refractivity contribution in [1.82, 2.24) is 10.6 Å². The van der Waals surface area contributed by atoms with Crippen molar-refractivity contribution >= 4 is 6.09 Å². The summed E-state index contributed by atoms with van der Waals surface area (Å²) in [6.07, 6.45) is 6.65. The van der Waals surface area contributed by atoms with Crippen molar-refractivity contribution in [2.45, 2.75) is 83.9 Å². The second-order valence-corrected chi connectivity index (χ2v) is 6.45. The molecule has 1 amide bonds. The molecule has 1 rings (SSSR count). The minimum Gasteiger partial charge on any atom is -0.444 e. The molecule has 0 aliphatic carbocycles. The molecule has 1 fully saturated rings. The first-order valence-electron chi connectivity index (χ1n) is 7.65. The second-order valence-electron chi connectivity index (χ2n) is 6.45. The number of unbranched alkanes of at least 4 members (excludes halogenated alkanes) is 1. The Morgan fingerprint density at radius 3 is 2.68 bits per heavy atom. The van der Waals surface area contributed by atoms with Gasteiger partial charge in [-0.25, -0.2) is 4.79 Å². The standard InChI is InChI=1S/C15H30N2O2/c1-5-6-9-13(12-10-7-8-11-16-12)17-14(18)19-15(2,3)4/h12-13,16H,5-11H2,1-4H3,(H,17,18). The molecule has 1 saturated heterocycles. The van der Waals surface area contributed by atoms with Gasteiger partial charge in [-0.05, 0) is 46.6 Å². The second kappa shape index (κ2) is 7.73. The highest BCUT2D eigenvalue weighted by atomic mass is 16.6. The number of alkyl carbamates (subject to hydrolysis) is 1. The molecule has 0 bridgehead atoms. The topological polar surface area (TPSA) is 50.4 Å². The van der Waals surface area contributed by atoms with Crippen LogP contribution in [0.25, 0.3) is 0 Å². The number of carbonyl (C=O) groups excluding carboxylic acids is 1. The van der Waals surface area contributed by atoms with Crippen LogP contribution in [0.15, 0.2) is 0 Å². The van der Waals surface area contributed by atoms with Crippen LogP contribution >= 0.6 is 0 Å². The van der Waals surface area contributed by atoms with Crippen LogP contribution in [-0.4, -0.2) is 30.3 Å². The fourth-order valence-electron chi connectivity index (χ4n) is 2.48. The number of carbonyl (C=O) groups is 1. The number of nitrogens with one attached hydrogen (secondary N) is 2. The van der Waals surface area contributed by atoms with Crippen molar-refractivity contribution in [1.29, 1.82) is 0 Å². The zero-order valence-electron chi connectivity index (χ0n) is 12.9. The zero-order chi connectivity index (χ0) is 14.3. The Kier molecular flexibility index (Phi) is 6.63. The third-order valence-electron chi connectivity index (χ3n) is 3.40. The summed E-state index contributed by atoms with van der Waals surface area (Å²) in [6, 6.07) is 0.586. The Morgan fingerprint density at radius 1 is 1.42 bits per heavy atom. The smallest absolute Gasteiger partial charge is 0.407 e. The number of rotatable bonds is 5. The van der Waals surface area contributed by atoms with Crippen LogP contribution in [0.4, 0.5) is 4.79 Å². The quantitative estimate of drug-likeness (QED) is 0.806. The number of ether oxygens (including phenoxy) is 1. The van der Waals surface area contributed by atoms with Gasteiger partial charge in [-0.15, -0.1) is 0 Å². The van der Waals surface area contributed by atoms with Crippen molar-refractivity contribution in [3.8, 4) is 0 Å². The predicted molar refractivity (Wildman–Crippen MR) is 78.3 cm³/mol. The molecule has 0 aromatic heterocycles. The van der Waals surface area contributed by atoms with E-state index in [9.17, 15) is 4.79 Å². The van der Waals surface area contributed by atoms with Gasteiger partial charge in [0.1, 0.15) is 5.60 Å². The normalized spacial score (nSPS) is 21.8. The molecule has 112 valence electrons. The largest absolute Gasteiger partial charge is 0.444 e. The summed E-state index contributed by atoms with van der Waals surface area (Å²) >= 11 is 0. The van der Waals surface area contributed by atoms with Crippen LogP contribution in [0.2, 0.25) is 0 Å². The van der Waals surface area contributed by atoms with Gasteiger partial charge in [0.25, 0.3) is 0 Å². The molecule has 0 saturated carbocycles. The molecule has 2 N–H and O–H groups in total. The summed E-state index contributed by atoms with van der Waals surface area (Å²) in [7, 11) is 0. The summed E-state index contributed by atoms with van der Waals surface area (Å²) in [5.74, 6) is 0. The fourth-order valence-corrected chi connectivity index (χ4v) is 2.48. The van der Waals surface area contributed by atoms with E-state index in [1.807, 2.05) is 20.8 Å². The third kappa shape index (κ3) is 6.81. The van der Waals surface area contributed by atoms with Gasteiger partial charge in [0.2, 0.25) is 0 Å². The van der Waals surface area contributed by atoms with E-state index in [1.54, 1.807) is 0 Å². The Bertz CT molecular complexity index is 268. The minimum atomic E-state index is -0.431. The first kappa shape index (κ1) is 16.3. The molecule has 1 aliphatic heterocycles. The maximum Gasteiger partial charge on any atom is 0.407 e. The molecule has 2 unspecified atom stereocenters. The van der Waals surface area contributed by atoms with Gasteiger partial charge in [-0.2, -0.15) is 0 Å². The van der Waals surface area contributed by atoms with Gasteiger partial charge in [0.05, 0.1) is 0 Å². The monoisotopic (exact) mass is 270 g/mol. The van der Waals surface area contributed by atoms with Gasteiger partial charge in [0, 0.05) is 12.1 Å². The fraction of sp³-hybridized carbons (Fsp3) is 0.933. The summed E-state index contributed by atoms with van der Waals surface area (Å²) in [5, 5.41) is 6.58. The molecule has 1 heterocycles. The highest BCUT2D eigenvalue weighted by molar-refractivity contribution is 5.68. The van der Waals surface area contributed by atoms with Crippen LogP contribution in [0.3, 0.4) is 0 Å². The maximum absolute atomic E-state index is 11.9. The SMILES string of the molecule is CCCCC(NC(=O)OC(C)(C)C)C1CCCCN1. The van der Waals surface area contributed by atoms with Gasteiger partial charge in [-0.1, -0.05) is 26.2 Å². The van der Waals surface area contributed by atoms with Crippen molar-refractivity contribution in [2.75, 3.05) is 6.54 Å². The molecule has 0 aromatic carbocycles. The molecule has 4 nitrogen and oxygen atoms in total. The zero-order valence-corrected chi connectivity index (χ0v) is 12.9. The van der Waals surface area contributed by atoms with Gasteiger partial charge in [-0.3, -0.25) is 0 Å². The average molecular weight is 270 g/mol. The van der Waals surface area contributed by atoms with Crippen LogP contribution in [-0.2, 0) is 4.74 Å². The first-order valence-corrected chi connectivity index (χ1v) is 7.65. The minimum absolute atomic E-state index is 0.190. The van der Waals surface area contributed by atoms with Crippen molar-refractivity contribution in [3.05, 3.63) is 0 Å². The average Bonchev–Trinajstić information content (AvgIpc) is 2.33. The molecule has 2 atom stereocenters. The Hall–Kier alpha value is -0.770. The third-order valence-corrected chi connectivity index (χ3v) is 3.40. The Labute approximate surface area is 117 Å². The van der Waals surface area contributed by atoms with E-state index in [4.69, 9.17) is 4.74 Å². The van der Waals surface area contributed by atoms with Gasteiger partial charge >= 0.3 is 6.09 Å². The van der Waals surface area contributed by atoms with Gasteiger partial charge < -0.3 is 15.4 Å². The molecule has 1 aliphatic rings. The van der Waals surface area contributed by atoms with Crippen LogP contribution < -0.4 is 10.6 Å². The molecule has 0 spiro atoms. The molecule has 0 aromatic rings. The summed E-state index contributed by atoms with van der Waals surface area (Å²) in [6.45, 7) is 8.92. The molecular formula is C15H30N2O2. The van der Waals surface area contributed by atoms with E-state index >= 15 is 0 Å². The summed E-state index contributed by atoms with van der Waals surface area (Å²) in [4.78, 5) is 11.9. The molecule has 4 heteroatoms. The number of hydrogen-bond donors (Lipinski definition) is 2. The van der Waals surface area contributed by atoms with Crippen molar-refractivity contribution in [3.63, 3.8) is 0 Å². The lowest BCUT2D eigenvalue weighted by molar-refractivity contribution is 0.0484. The van der Waals surface area contributed by atoms with E-state index in [0.29, 0.717) is 6.04 Å². The van der Waals surface area contributed by atoms with E-state index < -0.39 is 5.60 Å². The Morgan fingerprint density at radius 2 is 2.16 bits per heavy atom. The lowest BCUT2D eigenvalue weighted by atomic mass is 9.94. The molecule has 0 radical (unpaired) electrons. The molecular weight excluding hydrogens is 240 g/mol. The highest BCUT2D eigenvalue weighted by Crippen LogP contribution is 2.16. The summed E-state index contributed by atoms with van der Waals surface area (Å²) < 4.78 is 5.36. The van der Waals surface area contributed by atoms with Crippen LogP contribution in [0.1, 0.15) is 66.2 Å².